The Morgan fingerprint density at radius 1 is 1.24 bits per heavy atom. The van der Waals surface area contributed by atoms with Crippen LogP contribution >= 0.6 is 11.8 Å². The summed E-state index contributed by atoms with van der Waals surface area (Å²) in [7, 11) is 0. The number of hydrogen-bond acceptors (Lipinski definition) is 7. The van der Waals surface area contributed by atoms with Crippen LogP contribution in [0.1, 0.15) is 37.6 Å². The lowest BCUT2D eigenvalue weighted by atomic mass is 9.95. The maximum absolute atomic E-state index is 12.9. The van der Waals surface area contributed by atoms with Gasteiger partial charge in [-0.1, -0.05) is 37.8 Å². The molecular weight excluding hydrogens is 452 g/mol. The maximum Gasteiger partial charge on any atom is 0.230 e. The molecule has 1 aliphatic heterocycles. The molecule has 0 saturated carbocycles. The number of aromatic nitrogens is 3. The molecule has 0 aliphatic carbocycles. The second-order valence-electron chi connectivity index (χ2n) is 8.43. The van der Waals surface area contributed by atoms with Crippen LogP contribution in [-0.4, -0.2) is 39.6 Å². The van der Waals surface area contributed by atoms with Crippen molar-refractivity contribution < 1.29 is 18.7 Å². The highest BCUT2D eigenvalue weighted by Gasteiger charge is 2.22. The predicted octanol–water partition coefficient (Wildman–Crippen LogP) is 4.80. The van der Waals surface area contributed by atoms with Crippen LogP contribution in [0.5, 0.6) is 11.5 Å². The average Bonchev–Trinajstić information content (AvgIpc) is 3.33. The van der Waals surface area contributed by atoms with Gasteiger partial charge in [-0.3, -0.25) is 9.36 Å². The molecule has 1 aliphatic rings. The van der Waals surface area contributed by atoms with Crippen molar-refractivity contribution in [2.75, 3.05) is 19.0 Å². The fraction of sp³-hybridized carbons (Fsp3) is 0.400. The van der Waals surface area contributed by atoms with E-state index in [0.717, 1.165) is 34.8 Å². The van der Waals surface area contributed by atoms with E-state index < -0.39 is 0 Å². The zero-order valence-electron chi connectivity index (χ0n) is 19.7. The maximum atomic E-state index is 12.9. The SMILES string of the molecule is C=CCn1c(SCC(=O)N[C@@H](c2ccc3c(c2)OCCCO3)C(C)C)nnc1-c1ccoc1C. The summed E-state index contributed by atoms with van der Waals surface area (Å²) in [5.41, 5.74) is 1.87. The van der Waals surface area contributed by atoms with E-state index >= 15 is 0 Å². The molecule has 0 fully saturated rings. The molecule has 2 aromatic heterocycles. The third kappa shape index (κ3) is 5.30. The molecule has 0 unspecified atom stereocenters. The topological polar surface area (TPSA) is 91.4 Å². The number of carbonyl (C=O) groups is 1. The number of rotatable bonds is 9. The molecule has 1 aromatic carbocycles. The molecule has 0 radical (unpaired) electrons. The number of amides is 1. The van der Waals surface area contributed by atoms with Crippen LogP contribution in [-0.2, 0) is 11.3 Å². The minimum atomic E-state index is -0.152. The van der Waals surface area contributed by atoms with Gasteiger partial charge in [-0.2, -0.15) is 0 Å². The highest BCUT2D eigenvalue weighted by Crippen LogP contribution is 2.34. The minimum Gasteiger partial charge on any atom is -0.490 e. The first-order chi connectivity index (χ1) is 16.5. The van der Waals surface area contributed by atoms with Crippen LogP contribution in [0.25, 0.3) is 11.4 Å². The van der Waals surface area contributed by atoms with Crippen LogP contribution in [0.15, 0.2) is 52.8 Å². The number of allylic oxidation sites excluding steroid dienone is 1. The van der Waals surface area contributed by atoms with Crippen LogP contribution in [0, 0.1) is 12.8 Å². The molecular formula is C25H30N4O4S. The molecule has 1 N–H and O–H groups in total. The summed E-state index contributed by atoms with van der Waals surface area (Å²) in [5.74, 6) is 3.26. The lowest BCUT2D eigenvalue weighted by Gasteiger charge is -2.24. The predicted molar refractivity (Wildman–Crippen MR) is 131 cm³/mol. The number of carbonyl (C=O) groups excluding carboxylic acids is 1. The highest BCUT2D eigenvalue weighted by molar-refractivity contribution is 7.99. The van der Waals surface area contributed by atoms with Crippen molar-refractivity contribution in [1.82, 2.24) is 20.1 Å². The lowest BCUT2D eigenvalue weighted by Crippen LogP contribution is -2.33. The van der Waals surface area contributed by atoms with Crippen LogP contribution < -0.4 is 14.8 Å². The first-order valence-electron chi connectivity index (χ1n) is 11.4. The van der Waals surface area contributed by atoms with Crippen molar-refractivity contribution in [2.45, 2.75) is 44.9 Å². The van der Waals surface area contributed by atoms with Gasteiger partial charge in [0.25, 0.3) is 0 Å². The molecule has 8 nitrogen and oxygen atoms in total. The van der Waals surface area contributed by atoms with Gasteiger partial charge in [0.1, 0.15) is 5.76 Å². The van der Waals surface area contributed by atoms with Crippen molar-refractivity contribution in [3.63, 3.8) is 0 Å². The van der Waals surface area contributed by atoms with E-state index in [1.54, 1.807) is 12.3 Å². The van der Waals surface area contributed by atoms with Gasteiger partial charge in [0.05, 0.1) is 36.8 Å². The molecule has 180 valence electrons. The Kier molecular flexibility index (Phi) is 7.62. The summed E-state index contributed by atoms with van der Waals surface area (Å²) < 4.78 is 18.9. The average molecular weight is 483 g/mol. The van der Waals surface area contributed by atoms with Gasteiger partial charge < -0.3 is 19.2 Å². The summed E-state index contributed by atoms with van der Waals surface area (Å²) >= 11 is 1.35. The minimum absolute atomic E-state index is 0.0787. The molecule has 0 bridgehead atoms. The van der Waals surface area contributed by atoms with Gasteiger partial charge in [-0.15, -0.1) is 16.8 Å². The Morgan fingerprint density at radius 2 is 2.03 bits per heavy atom. The van der Waals surface area contributed by atoms with Crippen molar-refractivity contribution in [2.24, 2.45) is 5.92 Å². The second-order valence-corrected chi connectivity index (χ2v) is 9.37. The number of nitrogens with zero attached hydrogens (tertiary/aromatic N) is 3. The monoisotopic (exact) mass is 482 g/mol. The summed E-state index contributed by atoms with van der Waals surface area (Å²) in [4.78, 5) is 12.9. The van der Waals surface area contributed by atoms with Gasteiger partial charge in [0, 0.05) is 13.0 Å². The lowest BCUT2D eigenvalue weighted by molar-refractivity contribution is -0.119. The Bertz CT molecular complexity index is 1150. The van der Waals surface area contributed by atoms with E-state index in [2.05, 4.69) is 35.9 Å². The number of ether oxygens (including phenoxy) is 2. The van der Waals surface area contributed by atoms with Gasteiger partial charge in [-0.25, -0.2) is 0 Å². The zero-order valence-corrected chi connectivity index (χ0v) is 20.6. The molecule has 0 saturated heterocycles. The molecule has 0 spiro atoms. The normalized spacial score (nSPS) is 14.0. The number of nitrogens with one attached hydrogen (secondary N) is 1. The van der Waals surface area contributed by atoms with Gasteiger partial charge >= 0.3 is 0 Å². The third-order valence-electron chi connectivity index (χ3n) is 5.57. The van der Waals surface area contributed by atoms with E-state index in [0.29, 0.717) is 30.7 Å². The Labute approximate surface area is 203 Å². The Balaban J connectivity index is 1.46. The Morgan fingerprint density at radius 3 is 2.74 bits per heavy atom. The molecule has 9 heteroatoms. The van der Waals surface area contributed by atoms with Gasteiger partial charge in [-0.05, 0) is 36.6 Å². The van der Waals surface area contributed by atoms with Gasteiger partial charge in [0.2, 0.25) is 5.91 Å². The smallest absolute Gasteiger partial charge is 0.230 e. The van der Waals surface area contributed by atoms with Crippen LogP contribution in [0.2, 0.25) is 0 Å². The van der Waals surface area contributed by atoms with E-state index in [1.165, 1.54) is 11.8 Å². The zero-order chi connectivity index (χ0) is 24.1. The molecule has 34 heavy (non-hydrogen) atoms. The Hall–Kier alpha value is -3.20. The van der Waals surface area contributed by atoms with E-state index in [1.807, 2.05) is 35.8 Å². The van der Waals surface area contributed by atoms with E-state index in [9.17, 15) is 4.79 Å². The van der Waals surface area contributed by atoms with Crippen molar-refractivity contribution in [3.05, 3.63) is 54.5 Å². The molecule has 4 rings (SSSR count). The first-order valence-corrected chi connectivity index (χ1v) is 12.4. The number of benzene rings is 1. The molecule has 1 amide bonds. The van der Waals surface area contributed by atoms with Crippen molar-refractivity contribution in [3.8, 4) is 22.9 Å². The van der Waals surface area contributed by atoms with E-state index in [4.69, 9.17) is 13.9 Å². The summed E-state index contributed by atoms with van der Waals surface area (Å²) in [6.45, 7) is 11.7. The van der Waals surface area contributed by atoms with Crippen LogP contribution in [0.3, 0.4) is 0 Å². The third-order valence-corrected chi connectivity index (χ3v) is 6.54. The first kappa shape index (κ1) is 23.9. The molecule has 3 heterocycles. The highest BCUT2D eigenvalue weighted by atomic mass is 32.2. The fourth-order valence-electron chi connectivity index (χ4n) is 3.86. The van der Waals surface area contributed by atoms with Crippen molar-refractivity contribution in [1.29, 1.82) is 0 Å². The molecule has 1 atom stereocenters. The van der Waals surface area contributed by atoms with Crippen molar-refractivity contribution >= 4 is 17.7 Å². The molecule has 3 aromatic rings. The summed E-state index contributed by atoms with van der Waals surface area (Å²) in [5, 5.41) is 12.5. The standard InChI is InChI=1S/C25H30N4O4S/c1-5-10-29-24(19-9-13-31-17(19)4)27-28-25(29)34-15-22(30)26-23(16(2)3)18-7-8-20-21(14-18)33-12-6-11-32-20/h5,7-9,13-14,16,23H,1,6,10-12,15H2,2-4H3,(H,26,30)/t23-/m1/s1. The van der Waals surface area contributed by atoms with Crippen LogP contribution in [0.4, 0.5) is 0 Å². The summed E-state index contributed by atoms with van der Waals surface area (Å²) in [6, 6.07) is 7.59. The quantitative estimate of drug-likeness (QED) is 0.346. The largest absolute Gasteiger partial charge is 0.490 e. The number of hydrogen-bond donors (Lipinski definition) is 1. The number of furan rings is 1. The second kappa shape index (κ2) is 10.8. The number of aryl methyl sites for hydroxylation is 1. The summed E-state index contributed by atoms with van der Waals surface area (Å²) in [6.07, 6.45) is 4.26. The number of fused-ring (bicyclic) bond motifs is 1. The van der Waals surface area contributed by atoms with Gasteiger partial charge in [0.15, 0.2) is 22.5 Å². The van der Waals surface area contributed by atoms with E-state index in [-0.39, 0.29) is 23.6 Å². The fourth-order valence-corrected chi connectivity index (χ4v) is 4.62. The number of thioether (sulfide) groups is 1.